The Kier molecular flexibility index (Phi) is 7.53. The second-order valence-electron chi connectivity index (χ2n) is 8.38. The van der Waals surface area contributed by atoms with E-state index in [1.54, 1.807) is 12.3 Å². The standard InChI is InChI=1S/C24H32N4O2/c1-17(2)29-22-11-20(12-23(14-22)30-18(3)4)16-28-9-6-21(7-10-28)27-24-13-19(15-25)5-8-26-24/h5,8,11-14,17-18,21H,6-7,9-10,16H2,1-4H3,(H,26,27). The van der Waals surface area contributed by atoms with E-state index in [0.717, 1.165) is 49.8 Å². The molecule has 6 nitrogen and oxygen atoms in total. The molecule has 0 amide bonds. The molecule has 1 aliphatic heterocycles. The summed E-state index contributed by atoms with van der Waals surface area (Å²) in [5.41, 5.74) is 1.84. The van der Waals surface area contributed by atoms with Crippen LogP contribution in [0.5, 0.6) is 11.5 Å². The maximum atomic E-state index is 9.05. The molecule has 30 heavy (non-hydrogen) atoms. The SMILES string of the molecule is CC(C)Oc1cc(CN2CCC(Nc3cc(C#N)ccn3)CC2)cc(OC(C)C)c1. The molecule has 6 heteroatoms. The van der Waals surface area contributed by atoms with Crippen LogP contribution < -0.4 is 14.8 Å². The van der Waals surface area contributed by atoms with Gasteiger partial charge in [0.25, 0.3) is 0 Å². The van der Waals surface area contributed by atoms with Gasteiger partial charge < -0.3 is 14.8 Å². The highest BCUT2D eigenvalue weighted by Gasteiger charge is 2.20. The summed E-state index contributed by atoms with van der Waals surface area (Å²) >= 11 is 0. The van der Waals surface area contributed by atoms with Gasteiger partial charge in [0.15, 0.2) is 0 Å². The first-order valence-electron chi connectivity index (χ1n) is 10.7. The number of aromatic nitrogens is 1. The highest BCUT2D eigenvalue weighted by atomic mass is 16.5. The average Bonchev–Trinajstić information content (AvgIpc) is 2.68. The molecule has 0 spiro atoms. The number of hydrogen-bond donors (Lipinski definition) is 1. The summed E-state index contributed by atoms with van der Waals surface area (Å²) in [5.74, 6) is 2.50. The second-order valence-corrected chi connectivity index (χ2v) is 8.38. The van der Waals surface area contributed by atoms with Gasteiger partial charge in [0.2, 0.25) is 0 Å². The Bertz CT molecular complexity index is 839. The van der Waals surface area contributed by atoms with Crippen LogP contribution in [0.25, 0.3) is 0 Å². The summed E-state index contributed by atoms with van der Waals surface area (Å²) in [4.78, 5) is 6.79. The zero-order valence-electron chi connectivity index (χ0n) is 18.4. The summed E-state index contributed by atoms with van der Waals surface area (Å²) in [7, 11) is 0. The fourth-order valence-corrected chi connectivity index (χ4v) is 3.68. The smallest absolute Gasteiger partial charge is 0.127 e. The van der Waals surface area contributed by atoms with Crippen LogP contribution in [-0.2, 0) is 6.54 Å². The van der Waals surface area contributed by atoms with Gasteiger partial charge in [-0.1, -0.05) is 0 Å². The highest BCUT2D eigenvalue weighted by Crippen LogP contribution is 2.27. The van der Waals surface area contributed by atoms with E-state index in [1.807, 2.05) is 39.8 Å². The van der Waals surface area contributed by atoms with Crippen LogP contribution in [0.2, 0.25) is 0 Å². The molecule has 0 bridgehead atoms. The van der Waals surface area contributed by atoms with Crippen molar-refractivity contribution in [1.82, 2.24) is 9.88 Å². The Morgan fingerprint density at radius 3 is 2.27 bits per heavy atom. The molecule has 1 saturated heterocycles. The first-order chi connectivity index (χ1) is 14.4. The molecule has 1 aliphatic rings. The fraction of sp³-hybridized carbons (Fsp3) is 0.500. The second kappa shape index (κ2) is 10.3. The van der Waals surface area contributed by atoms with Crippen molar-refractivity contribution in [2.45, 2.75) is 65.3 Å². The minimum atomic E-state index is 0.127. The van der Waals surface area contributed by atoms with Crippen LogP contribution in [-0.4, -0.2) is 41.2 Å². The summed E-state index contributed by atoms with van der Waals surface area (Å²) in [5, 5.41) is 12.5. The van der Waals surface area contributed by atoms with Crippen molar-refractivity contribution in [3.8, 4) is 17.6 Å². The number of rotatable bonds is 8. The lowest BCUT2D eigenvalue weighted by Crippen LogP contribution is -2.38. The molecule has 1 fully saturated rings. The number of likely N-dealkylation sites (tertiary alicyclic amines) is 1. The predicted octanol–water partition coefficient (Wildman–Crippen LogP) is 4.60. The van der Waals surface area contributed by atoms with Gasteiger partial charge in [0.05, 0.1) is 23.8 Å². The van der Waals surface area contributed by atoms with Crippen molar-refractivity contribution in [2.75, 3.05) is 18.4 Å². The molecular weight excluding hydrogens is 376 g/mol. The number of nitrogens with one attached hydrogen (secondary N) is 1. The summed E-state index contributed by atoms with van der Waals surface area (Å²) in [6, 6.07) is 12.3. The largest absolute Gasteiger partial charge is 0.491 e. The van der Waals surface area contributed by atoms with Crippen LogP contribution in [0.4, 0.5) is 5.82 Å². The number of piperidine rings is 1. The normalized spacial score (nSPS) is 15.2. The average molecular weight is 409 g/mol. The van der Waals surface area contributed by atoms with Crippen LogP contribution >= 0.6 is 0 Å². The number of nitriles is 1. The van der Waals surface area contributed by atoms with E-state index >= 15 is 0 Å². The number of pyridine rings is 1. The molecule has 2 aromatic rings. The number of benzene rings is 1. The van der Waals surface area contributed by atoms with Gasteiger partial charge in [0, 0.05) is 37.9 Å². The molecule has 3 rings (SSSR count). The number of anilines is 1. The van der Waals surface area contributed by atoms with E-state index < -0.39 is 0 Å². The molecule has 0 aliphatic carbocycles. The van der Waals surface area contributed by atoms with Crippen molar-refractivity contribution < 1.29 is 9.47 Å². The molecule has 0 radical (unpaired) electrons. The fourth-order valence-electron chi connectivity index (χ4n) is 3.68. The molecule has 1 aromatic carbocycles. The molecular formula is C24H32N4O2. The maximum Gasteiger partial charge on any atom is 0.127 e. The first-order valence-corrected chi connectivity index (χ1v) is 10.7. The van der Waals surface area contributed by atoms with Gasteiger partial charge >= 0.3 is 0 Å². The van der Waals surface area contributed by atoms with E-state index in [-0.39, 0.29) is 12.2 Å². The van der Waals surface area contributed by atoms with Gasteiger partial charge in [-0.2, -0.15) is 5.26 Å². The molecule has 0 unspecified atom stereocenters. The maximum absolute atomic E-state index is 9.05. The van der Waals surface area contributed by atoms with Crippen LogP contribution in [0, 0.1) is 11.3 Å². The van der Waals surface area contributed by atoms with Gasteiger partial charge in [0.1, 0.15) is 17.3 Å². The topological polar surface area (TPSA) is 70.4 Å². The lowest BCUT2D eigenvalue weighted by molar-refractivity contribution is 0.207. The van der Waals surface area contributed by atoms with Crippen molar-refractivity contribution in [2.24, 2.45) is 0 Å². The van der Waals surface area contributed by atoms with Crippen molar-refractivity contribution >= 4 is 5.82 Å². The lowest BCUT2D eigenvalue weighted by Gasteiger charge is -2.32. The van der Waals surface area contributed by atoms with E-state index in [0.29, 0.717) is 11.6 Å². The minimum absolute atomic E-state index is 0.127. The monoisotopic (exact) mass is 408 g/mol. The number of ether oxygens (including phenoxy) is 2. The summed E-state index contributed by atoms with van der Waals surface area (Å²) < 4.78 is 11.9. The Morgan fingerprint density at radius 1 is 1.07 bits per heavy atom. The molecule has 0 saturated carbocycles. The van der Waals surface area contributed by atoms with Gasteiger partial charge in [-0.25, -0.2) is 4.98 Å². The van der Waals surface area contributed by atoms with Crippen LogP contribution in [0.15, 0.2) is 36.5 Å². The third kappa shape index (κ3) is 6.64. The Labute approximate surface area is 179 Å². The van der Waals surface area contributed by atoms with Gasteiger partial charge in [-0.05, 0) is 70.4 Å². The van der Waals surface area contributed by atoms with Crippen molar-refractivity contribution in [3.05, 3.63) is 47.7 Å². The van der Waals surface area contributed by atoms with E-state index in [2.05, 4.69) is 33.4 Å². The zero-order valence-corrected chi connectivity index (χ0v) is 18.4. The molecule has 1 aromatic heterocycles. The molecule has 2 heterocycles. The van der Waals surface area contributed by atoms with E-state index in [4.69, 9.17) is 14.7 Å². The Balaban J connectivity index is 1.58. The Hall–Kier alpha value is -2.78. The van der Waals surface area contributed by atoms with Crippen LogP contribution in [0.3, 0.4) is 0 Å². The van der Waals surface area contributed by atoms with Crippen molar-refractivity contribution in [3.63, 3.8) is 0 Å². The van der Waals surface area contributed by atoms with E-state index in [1.165, 1.54) is 5.56 Å². The highest BCUT2D eigenvalue weighted by molar-refractivity contribution is 5.43. The predicted molar refractivity (Wildman–Crippen MR) is 119 cm³/mol. The summed E-state index contributed by atoms with van der Waals surface area (Å²) in [6.07, 6.45) is 4.01. The molecule has 1 N–H and O–H groups in total. The van der Waals surface area contributed by atoms with E-state index in [9.17, 15) is 0 Å². The Morgan fingerprint density at radius 2 is 1.70 bits per heavy atom. The van der Waals surface area contributed by atoms with Crippen LogP contribution in [0.1, 0.15) is 51.7 Å². The molecule has 0 atom stereocenters. The lowest BCUT2D eigenvalue weighted by atomic mass is 10.0. The number of nitrogens with zero attached hydrogens (tertiary/aromatic N) is 3. The van der Waals surface area contributed by atoms with Crippen molar-refractivity contribution in [1.29, 1.82) is 5.26 Å². The third-order valence-corrected chi connectivity index (χ3v) is 4.92. The molecule has 160 valence electrons. The quantitative estimate of drug-likeness (QED) is 0.688. The first kappa shape index (κ1) is 21.9. The number of hydrogen-bond acceptors (Lipinski definition) is 6. The van der Waals surface area contributed by atoms with Gasteiger partial charge in [-0.3, -0.25) is 4.90 Å². The zero-order chi connectivity index (χ0) is 21.5. The summed E-state index contributed by atoms with van der Waals surface area (Å²) in [6.45, 7) is 11.0. The van der Waals surface area contributed by atoms with Gasteiger partial charge in [-0.15, -0.1) is 0 Å². The minimum Gasteiger partial charge on any atom is -0.491 e. The third-order valence-electron chi connectivity index (χ3n) is 4.92.